The molecule has 2 unspecified atom stereocenters. The Morgan fingerprint density at radius 1 is 1.31 bits per heavy atom. The maximum absolute atomic E-state index is 5.49. The number of aromatic nitrogens is 2. The lowest BCUT2D eigenvalue weighted by molar-refractivity contribution is 0.0516. The Morgan fingerprint density at radius 3 is 2.94 bits per heavy atom. The van der Waals surface area contributed by atoms with Crippen molar-refractivity contribution < 1.29 is 9.26 Å². The molecule has 16 heavy (non-hydrogen) atoms. The van der Waals surface area contributed by atoms with E-state index in [1.54, 1.807) is 0 Å². The number of hydrogen-bond acceptors (Lipinski definition) is 5. The molecule has 2 fully saturated rings. The summed E-state index contributed by atoms with van der Waals surface area (Å²) in [5.74, 6) is 2.38. The van der Waals surface area contributed by atoms with Crippen molar-refractivity contribution in [2.45, 2.75) is 37.1 Å². The molecule has 1 aromatic rings. The van der Waals surface area contributed by atoms with Crippen molar-refractivity contribution in [1.82, 2.24) is 15.5 Å². The average molecular weight is 223 g/mol. The molecule has 2 aliphatic rings. The number of nitrogens with one attached hydrogen (secondary N) is 1. The minimum atomic E-state index is 0.207. The highest BCUT2D eigenvalue weighted by Crippen LogP contribution is 2.39. The molecule has 0 spiro atoms. The second kappa shape index (κ2) is 4.14. The van der Waals surface area contributed by atoms with Crippen molar-refractivity contribution in [2.75, 3.05) is 20.3 Å². The maximum Gasteiger partial charge on any atom is 0.233 e. The van der Waals surface area contributed by atoms with Crippen LogP contribution in [-0.2, 0) is 4.74 Å². The maximum atomic E-state index is 5.49. The summed E-state index contributed by atoms with van der Waals surface area (Å²) >= 11 is 0. The molecular weight excluding hydrogens is 206 g/mol. The Balaban J connectivity index is 1.77. The highest BCUT2D eigenvalue weighted by molar-refractivity contribution is 5.07. The van der Waals surface area contributed by atoms with E-state index in [2.05, 4.69) is 15.5 Å². The predicted octanol–water partition coefficient (Wildman–Crippen LogP) is 1.04. The molecule has 2 atom stereocenters. The normalized spacial score (nSPS) is 30.6. The van der Waals surface area contributed by atoms with Crippen molar-refractivity contribution in [3.63, 3.8) is 0 Å². The van der Waals surface area contributed by atoms with Gasteiger partial charge in [-0.3, -0.25) is 0 Å². The molecule has 5 heteroatoms. The van der Waals surface area contributed by atoms with Gasteiger partial charge in [-0.25, -0.2) is 0 Å². The average Bonchev–Trinajstić information content (AvgIpc) is 3.07. The van der Waals surface area contributed by atoms with Crippen LogP contribution in [0.4, 0.5) is 0 Å². The topological polar surface area (TPSA) is 60.2 Å². The summed E-state index contributed by atoms with van der Waals surface area (Å²) in [5, 5.41) is 7.35. The fraction of sp³-hybridized carbons (Fsp3) is 0.818. The van der Waals surface area contributed by atoms with Gasteiger partial charge in [0, 0.05) is 18.6 Å². The SMILES string of the molecule is CNC1CCOCC1c1nc(C2CC2)no1. The first-order chi connectivity index (χ1) is 7.88. The van der Waals surface area contributed by atoms with Gasteiger partial charge >= 0.3 is 0 Å². The number of likely N-dealkylation sites (N-methyl/N-ethyl adjacent to an activating group) is 1. The Labute approximate surface area is 94.6 Å². The van der Waals surface area contributed by atoms with E-state index in [0.717, 1.165) is 24.7 Å². The zero-order valence-electron chi connectivity index (χ0n) is 9.48. The summed E-state index contributed by atoms with van der Waals surface area (Å²) in [5.41, 5.74) is 0. The molecule has 1 saturated carbocycles. The van der Waals surface area contributed by atoms with Crippen LogP contribution in [0.1, 0.15) is 42.8 Å². The molecule has 0 radical (unpaired) electrons. The lowest BCUT2D eigenvalue weighted by atomic mass is 9.96. The highest BCUT2D eigenvalue weighted by atomic mass is 16.5. The van der Waals surface area contributed by atoms with Gasteiger partial charge in [0.1, 0.15) is 0 Å². The third kappa shape index (κ3) is 1.85. The molecule has 0 amide bonds. The first kappa shape index (κ1) is 10.2. The minimum Gasteiger partial charge on any atom is -0.381 e. The monoisotopic (exact) mass is 223 g/mol. The van der Waals surface area contributed by atoms with Crippen LogP contribution in [0.15, 0.2) is 4.52 Å². The van der Waals surface area contributed by atoms with Crippen LogP contribution in [0, 0.1) is 0 Å². The fourth-order valence-electron chi connectivity index (χ4n) is 2.23. The van der Waals surface area contributed by atoms with Crippen LogP contribution < -0.4 is 5.32 Å². The molecule has 2 heterocycles. The van der Waals surface area contributed by atoms with E-state index in [4.69, 9.17) is 9.26 Å². The molecule has 1 N–H and O–H groups in total. The number of ether oxygens (including phenoxy) is 1. The Bertz CT molecular complexity index is 362. The summed E-state index contributed by atoms with van der Waals surface area (Å²) < 4.78 is 10.8. The molecule has 1 saturated heterocycles. The van der Waals surface area contributed by atoms with Crippen LogP contribution in [-0.4, -0.2) is 36.4 Å². The quantitative estimate of drug-likeness (QED) is 0.829. The van der Waals surface area contributed by atoms with Gasteiger partial charge in [-0.2, -0.15) is 4.98 Å². The van der Waals surface area contributed by atoms with Crippen molar-refractivity contribution in [3.8, 4) is 0 Å². The zero-order chi connectivity index (χ0) is 11.0. The van der Waals surface area contributed by atoms with E-state index >= 15 is 0 Å². The van der Waals surface area contributed by atoms with Crippen molar-refractivity contribution in [2.24, 2.45) is 0 Å². The van der Waals surface area contributed by atoms with Gasteiger partial charge in [-0.15, -0.1) is 0 Å². The van der Waals surface area contributed by atoms with Gasteiger partial charge in [0.05, 0.1) is 12.5 Å². The molecule has 1 aliphatic heterocycles. The standard InChI is InChI=1S/C11H17N3O2/c1-12-9-4-5-15-6-8(9)11-13-10(14-16-11)7-2-3-7/h7-9,12H,2-6H2,1H3. The Morgan fingerprint density at radius 2 is 2.19 bits per heavy atom. The van der Waals surface area contributed by atoms with Crippen LogP contribution in [0.3, 0.4) is 0 Å². The first-order valence-corrected chi connectivity index (χ1v) is 5.97. The van der Waals surface area contributed by atoms with Gasteiger partial charge in [0.2, 0.25) is 5.89 Å². The molecule has 0 aromatic carbocycles. The largest absolute Gasteiger partial charge is 0.381 e. The van der Waals surface area contributed by atoms with E-state index in [-0.39, 0.29) is 5.92 Å². The summed E-state index contributed by atoms with van der Waals surface area (Å²) in [6.45, 7) is 1.49. The summed E-state index contributed by atoms with van der Waals surface area (Å²) in [4.78, 5) is 4.50. The number of rotatable bonds is 3. The van der Waals surface area contributed by atoms with Gasteiger partial charge in [-0.05, 0) is 26.3 Å². The van der Waals surface area contributed by atoms with Gasteiger partial charge < -0.3 is 14.6 Å². The lowest BCUT2D eigenvalue weighted by Crippen LogP contribution is -2.39. The smallest absolute Gasteiger partial charge is 0.233 e. The molecule has 5 nitrogen and oxygen atoms in total. The molecule has 1 aromatic heterocycles. The molecule has 0 bridgehead atoms. The van der Waals surface area contributed by atoms with Crippen molar-refractivity contribution >= 4 is 0 Å². The number of hydrogen-bond donors (Lipinski definition) is 1. The van der Waals surface area contributed by atoms with Crippen molar-refractivity contribution in [1.29, 1.82) is 0 Å². The Hall–Kier alpha value is -0.940. The lowest BCUT2D eigenvalue weighted by Gasteiger charge is -2.28. The van der Waals surface area contributed by atoms with Gasteiger partial charge in [-0.1, -0.05) is 5.16 Å². The van der Waals surface area contributed by atoms with E-state index < -0.39 is 0 Å². The second-order valence-electron chi connectivity index (χ2n) is 4.63. The van der Waals surface area contributed by atoms with Crippen LogP contribution >= 0.6 is 0 Å². The predicted molar refractivity (Wildman–Crippen MR) is 57.3 cm³/mol. The van der Waals surface area contributed by atoms with E-state index in [1.807, 2.05) is 7.05 Å². The second-order valence-corrected chi connectivity index (χ2v) is 4.63. The molecule has 1 aliphatic carbocycles. The minimum absolute atomic E-state index is 0.207. The number of nitrogens with zero attached hydrogens (tertiary/aromatic N) is 2. The van der Waals surface area contributed by atoms with E-state index in [1.165, 1.54) is 12.8 Å². The molecule has 88 valence electrons. The van der Waals surface area contributed by atoms with Crippen molar-refractivity contribution in [3.05, 3.63) is 11.7 Å². The van der Waals surface area contributed by atoms with E-state index in [9.17, 15) is 0 Å². The zero-order valence-corrected chi connectivity index (χ0v) is 9.48. The first-order valence-electron chi connectivity index (χ1n) is 5.97. The summed E-state index contributed by atoms with van der Waals surface area (Å²) in [6, 6.07) is 0.390. The molecular formula is C11H17N3O2. The van der Waals surface area contributed by atoms with E-state index in [0.29, 0.717) is 18.6 Å². The fourth-order valence-corrected chi connectivity index (χ4v) is 2.23. The van der Waals surface area contributed by atoms with Gasteiger partial charge in [0.15, 0.2) is 5.82 Å². The highest BCUT2D eigenvalue weighted by Gasteiger charge is 2.34. The third-order valence-electron chi connectivity index (χ3n) is 3.44. The summed E-state index contributed by atoms with van der Waals surface area (Å²) in [6.07, 6.45) is 3.41. The van der Waals surface area contributed by atoms with Crippen LogP contribution in [0.2, 0.25) is 0 Å². The Kier molecular flexibility index (Phi) is 2.65. The molecule has 3 rings (SSSR count). The summed E-state index contributed by atoms with van der Waals surface area (Å²) in [7, 11) is 1.97. The van der Waals surface area contributed by atoms with Gasteiger partial charge in [0.25, 0.3) is 0 Å². The third-order valence-corrected chi connectivity index (χ3v) is 3.44. The van der Waals surface area contributed by atoms with Crippen LogP contribution in [0.5, 0.6) is 0 Å². The van der Waals surface area contributed by atoms with Crippen LogP contribution in [0.25, 0.3) is 0 Å².